The number of nitrogens with one attached hydrogen (secondary N) is 1. The van der Waals surface area contributed by atoms with Gasteiger partial charge in [0.15, 0.2) is 11.5 Å². The zero-order valence-corrected chi connectivity index (χ0v) is 18.7. The minimum absolute atomic E-state index is 0.0261. The van der Waals surface area contributed by atoms with Gasteiger partial charge in [0.1, 0.15) is 5.75 Å². The van der Waals surface area contributed by atoms with E-state index in [-0.39, 0.29) is 22.1 Å². The van der Waals surface area contributed by atoms with Crippen molar-refractivity contribution < 1.29 is 31.4 Å². The van der Waals surface area contributed by atoms with Crippen LogP contribution in [0.15, 0.2) is 41.3 Å². The highest BCUT2D eigenvalue weighted by atomic mass is 127. The summed E-state index contributed by atoms with van der Waals surface area (Å²) in [5.41, 5.74) is 0.751. The van der Waals surface area contributed by atoms with E-state index in [9.17, 15) is 17.2 Å². The molecule has 2 aromatic carbocycles. The molecule has 0 spiro atoms. The van der Waals surface area contributed by atoms with Gasteiger partial charge >= 0.3 is 6.29 Å². The predicted octanol–water partition coefficient (Wildman–Crippen LogP) is 3.29. The second-order valence-corrected chi connectivity index (χ2v) is 9.71. The van der Waals surface area contributed by atoms with Gasteiger partial charge in [-0.1, -0.05) is 0 Å². The largest absolute Gasteiger partial charge is 0.586 e. The zero-order valence-electron chi connectivity index (χ0n) is 15.8. The molecule has 0 amide bonds. The first kappa shape index (κ1) is 21.2. The van der Waals surface area contributed by atoms with Crippen LogP contribution >= 0.6 is 22.9 Å². The van der Waals surface area contributed by atoms with E-state index >= 15 is 0 Å². The topological polar surface area (TPSA) is 80.3 Å². The number of rotatable bonds is 5. The minimum Gasteiger partial charge on any atom is -0.495 e. The molecule has 2 aliphatic heterocycles. The maximum Gasteiger partial charge on any atom is 0.586 e. The van der Waals surface area contributed by atoms with E-state index in [1.165, 1.54) is 25.3 Å². The fourth-order valence-electron chi connectivity index (χ4n) is 3.23. The number of halogens is 3. The molecule has 30 heavy (non-hydrogen) atoms. The Morgan fingerprint density at radius 1 is 1.07 bits per heavy atom. The molecule has 0 aliphatic carbocycles. The molecule has 1 fully saturated rings. The number of ether oxygens (including phenoxy) is 3. The Morgan fingerprint density at radius 3 is 2.47 bits per heavy atom. The molecule has 4 rings (SSSR count). The van der Waals surface area contributed by atoms with Crippen LogP contribution in [0.3, 0.4) is 0 Å². The van der Waals surface area contributed by atoms with Crippen LogP contribution in [0.5, 0.6) is 17.2 Å². The summed E-state index contributed by atoms with van der Waals surface area (Å²) in [5.74, 6) is 0.164. The molecule has 8 nitrogen and oxygen atoms in total. The first-order chi connectivity index (χ1) is 14.2. The Hall–Kier alpha value is -2.06. The molecular formula is C18H18F2IN3O5S. The van der Waals surface area contributed by atoms with Crippen molar-refractivity contribution >= 4 is 44.3 Å². The van der Waals surface area contributed by atoms with Gasteiger partial charge in [-0.25, -0.2) is 11.5 Å². The summed E-state index contributed by atoms with van der Waals surface area (Å²) >= 11 is 2.25. The molecule has 2 heterocycles. The van der Waals surface area contributed by atoms with Gasteiger partial charge in [0, 0.05) is 55.1 Å². The average Bonchev–Trinajstić information content (AvgIpc) is 3.01. The average molecular weight is 553 g/mol. The van der Waals surface area contributed by atoms with Crippen LogP contribution in [0.25, 0.3) is 0 Å². The van der Waals surface area contributed by atoms with Gasteiger partial charge in [0.2, 0.25) is 0 Å². The fraction of sp³-hybridized carbons (Fsp3) is 0.333. The molecule has 0 atom stereocenters. The van der Waals surface area contributed by atoms with Gasteiger partial charge in [0.05, 0.1) is 23.4 Å². The monoisotopic (exact) mass is 553 g/mol. The molecule has 162 valence electrons. The smallest absolute Gasteiger partial charge is 0.495 e. The Morgan fingerprint density at radius 2 is 1.77 bits per heavy atom. The number of hydrogen-bond donors (Lipinski definition) is 1. The van der Waals surface area contributed by atoms with Crippen LogP contribution < -0.4 is 23.8 Å². The van der Waals surface area contributed by atoms with Gasteiger partial charge in [-0.15, -0.1) is 8.78 Å². The summed E-state index contributed by atoms with van der Waals surface area (Å²) in [6, 6.07) is 8.27. The highest BCUT2D eigenvalue weighted by Crippen LogP contribution is 2.42. The highest BCUT2D eigenvalue weighted by Gasteiger charge is 2.43. The number of piperazine rings is 1. The molecule has 0 aromatic heterocycles. The summed E-state index contributed by atoms with van der Waals surface area (Å²) in [4.78, 5) is 2.09. The van der Waals surface area contributed by atoms with Gasteiger partial charge in [-0.05, 0) is 30.3 Å². The lowest BCUT2D eigenvalue weighted by Crippen LogP contribution is -2.42. The molecule has 12 heteroatoms. The lowest BCUT2D eigenvalue weighted by Gasteiger charge is -2.33. The SMILES string of the molecule is COc1ccc(S(=O)(=O)Nc2ccc3c(c2)OC(F)(F)O3)cc1N1CCN(I)CC1. The first-order valence-electron chi connectivity index (χ1n) is 8.93. The van der Waals surface area contributed by atoms with E-state index in [2.05, 4.69) is 45.1 Å². The van der Waals surface area contributed by atoms with Crippen molar-refractivity contribution in [2.24, 2.45) is 0 Å². The van der Waals surface area contributed by atoms with Gasteiger partial charge in [-0.2, -0.15) is 0 Å². The van der Waals surface area contributed by atoms with E-state index in [1.807, 2.05) is 0 Å². The van der Waals surface area contributed by atoms with Crippen molar-refractivity contribution in [3.8, 4) is 17.2 Å². The molecule has 1 saturated heterocycles. The molecule has 2 aromatic rings. The second-order valence-electron chi connectivity index (χ2n) is 6.67. The summed E-state index contributed by atoms with van der Waals surface area (Å²) < 4.78 is 70.9. The number of fused-ring (bicyclic) bond motifs is 1. The van der Waals surface area contributed by atoms with Gasteiger partial charge < -0.3 is 19.1 Å². The van der Waals surface area contributed by atoms with Crippen LogP contribution in [-0.4, -0.2) is 51.1 Å². The van der Waals surface area contributed by atoms with Crippen molar-refractivity contribution in [3.63, 3.8) is 0 Å². The summed E-state index contributed by atoms with van der Waals surface area (Å²) in [6.45, 7) is 3.13. The summed E-state index contributed by atoms with van der Waals surface area (Å²) in [6.07, 6.45) is -3.77. The maximum absolute atomic E-state index is 13.2. The van der Waals surface area contributed by atoms with E-state index in [0.29, 0.717) is 11.4 Å². The Balaban J connectivity index is 1.60. The number of benzene rings is 2. The van der Waals surface area contributed by atoms with Crippen molar-refractivity contribution in [1.29, 1.82) is 0 Å². The van der Waals surface area contributed by atoms with Crippen molar-refractivity contribution in [3.05, 3.63) is 36.4 Å². The fourth-order valence-corrected chi connectivity index (χ4v) is 4.73. The summed E-state index contributed by atoms with van der Waals surface area (Å²) in [5, 5.41) is 0. The third-order valence-electron chi connectivity index (χ3n) is 4.68. The van der Waals surface area contributed by atoms with E-state index in [4.69, 9.17) is 4.74 Å². The third kappa shape index (κ3) is 4.34. The van der Waals surface area contributed by atoms with Crippen LogP contribution in [0.4, 0.5) is 20.2 Å². The lowest BCUT2D eigenvalue weighted by molar-refractivity contribution is -0.286. The molecule has 0 saturated carbocycles. The highest BCUT2D eigenvalue weighted by molar-refractivity contribution is 14.1. The number of sulfonamides is 1. The maximum atomic E-state index is 13.2. The first-order valence-corrected chi connectivity index (χ1v) is 11.4. The van der Waals surface area contributed by atoms with Crippen molar-refractivity contribution in [2.75, 3.05) is 42.9 Å². The zero-order chi connectivity index (χ0) is 21.5. The molecule has 2 aliphatic rings. The van der Waals surface area contributed by atoms with Crippen LogP contribution in [-0.2, 0) is 10.0 Å². The normalized spacial score (nSPS) is 18.3. The molecule has 1 N–H and O–H groups in total. The second kappa shape index (κ2) is 7.89. The number of anilines is 2. The Bertz CT molecular complexity index is 1060. The predicted molar refractivity (Wildman–Crippen MR) is 114 cm³/mol. The van der Waals surface area contributed by atoms with Crippen molar-refractivity contribution in [2.45, 2.75) is 11.2 Å². The minimum atomic E-state index is -3.98. The third-order valence-corrected chi connectivity index (χ3v) is 7.02. The molecule has 0 bridgehead atoms. The number of nitrogens with zero attached hydrogens (tertiary/aromatic N) is 2. The number of alkyl halides is 2. The lowest BCUT2D eigenvalue weighted by atomic mass is 10.2. The number of methoxy groups -OCH3 is 1. The standard InChI is InChI=1S/C18H18F2IN3O5S/c1-27-15-5-3-13(11-14(15)23-6-8-24(21)9-7-23)30(25,26)22-12-2-4-16-17(10-12)29-18(19,20)28-16/h2-5,10-11,22H,6-9H2,1H3. The Labute approximate surface area is 186 Å². The van der Waals surface area contributed by atoms with Crippen LogP contribution in [0, 0.1) is 0 Å². The van der Waals surface area contributed by atoms with Gasteiger partial charge in [-0.3, -0.25) is 4.72 Å². The summed E-state index contributed by atoms with van der Waals surface area (Å²) in [7, 11) is -2.45. The van der Waals surface area contributed by atoms with Crippen LogP contribution in [0.1, 0.15) is 0 Å². The van der Waals surface area contributed by atoms with E-state index in [0.717, 1.165) is 32.2 Å². The molecular weight excluding hydrogens is 535 g/mol. The van der Waals surface area contributed by atoms with Crippen molar-refractivity contribution in [1.82, 2.24) is 3.11 Å². The molecule has 0 radical (unpaired) electrons. The Kier molecular flexibility index (Phi) is 5.57. The quantitative estimate of drug-likeness (QED) is 0.450. The van der Waals surface area contributed by atoms with E-state index in [1.54, 1.807) is 12.1 Å². The molecule has 0 unspecified atom stereocenters. The number of hydrogen-bond acceptors (Lipinski definition) is 7. The van der Waals surface area contributed by atoms with Gasteiger partial charge in [0.25, 0.3) is 10.0 Å². The van der Waals surface area contributed by atoms with E-state index < -0.39 is 16.3 Å². The van der Waals surface area contributed by atoms with Crippen LogP contribution in [0.2, 0.25) is 0 Å².